The van der Waals surface area contributed by atoms with Gasteiger partial charge in [0.2, 0.25) is 5.91 Å². The molecule has 0 saturated heterocycles. The van der Waals surface area contributed by atoms with Gasteiger partial charge in [0.1, 0.15) is 0 Å². The molecule has 1 aromatic carbocycles. The molecule has 0 saturated carbocycles. The van der Waals surface area contributed by atoms with Gasteiger partial charge in [0, 0.05) is 17.5 Å². The summed E-state index contributed by atoms with van der Waals surface area (Å²) >= 11 is 0. The second-order valence-electron chi connectivity index (χ2n) is 3.61. The number of rotatable bonds is 4. The van der Waals surface area contributed by atoms with Crippen LogP contribution < -0.4 is 11.1 Å². The van der Waals surface area contributed by atoms with Gasteiger partial charge in [-0.1, -0.05) is 0 Å². The average molecular weight is 218 g/mol. The minimum Gasteiger partial charge on any atom is -0.330 e. The summed E-state index contributed by atoms with van der Waals surface area (Å²) in [5.41, 5.74) is 7.03. The lowest BCUT2D eigenvalue weighted by Crippen LogP contribution is -2.13. The zero-order valence-corrected chi connectivity index (χ0v) is 8.86. The minimum absolute atomic E-state index is 0.00989. The van der Waals surface area contributed by atoms with E-state index in [1.54, 1.807) is 6.20 Å². The number of carbonyl (C=O) groups excluding carboxylic acids is 1. The van der Waals surface area contributed by atoms with Crippen LogP contribution in [0.2, 0.25) is 0 Å². The van der Waals surface area contributed by atoms with Gasteiger partial charge in [-0.15, -0.1) is 0 Å². The van der Waals surface area contributed by atoms with Crippen molar-refractivity contribution in [3.63, 3.8) is 0 Å². The zero-order chi connectivity index (χ0) is 11.4. The average Bonchev–Trinajstić information content (AvgIpc) is 2.73. The third kappa shape index (κ3) is 2.38. The molecule has 2 rings (SSSR count). The minimum atomic E-state index is -0.00989. The molecule has 0 bridgehead atoms. The molecule has 2 aromatic rings. The second-order valence-corrected chi connectivity index (χ2v) is 3.61. The Morgan fingerprint density at radius 2 is 2.38 bits per heavy atom. The van der Waals surface area contributed by atoms with E-state index in [1.165, 1.54) is 0 Å². The van der Waals surface area contributed by atoms with Gasteiger partial charge >= 0.3 is 0 Å². The van der Waals surface area contributed by atoms with Crippen molar-refractivity contribution in [3.8, 4) is 0 Å². The predicted octanol–water partition coefficient (Wildman–Crippen LogP) is 1.24. The Balaban J connectivity index is 2.06. The van der Waals surface area contributed by atoms with Crippen LogP contribution in [0.4, 0.5) is 5.69 Å². The van der Waals surface area contributed by atoms with Crippen LogP contribution in [0, 0.1) is 0 Å². The molecule has 16 heavy (non-hydrogen) atoms. The third-order valence-corrected chi connectivity index (χ3v) is 2.33. The highest BCUT2D eigenvalue weighted by Gasteiger charge is 2.02. The number of hydrogen-bond acceptors (Lipinski definition) is 3. The number of aromatic nitrogens is 2. The van der Waals surface area contributed by atoms with Crippen molar-refractivity contribution in [1.82, 2.24) is 10.2 Å². The number of amides is 1. The molecule has 1 heterocycles. The smallest absolute Gasteiger partial charge is 0.224 e. The fourth-order valence-electron chi connectivity index (χ4n) is 1.50. The van der Waals surface area contributed by atoms with E-state index in [2.05, 4.69) is 15.5 Å². The number of carbonyl (C=O) groups is 1. The Kier molecular flexibility index (Phi) is 3.16. The molecule has 0 aliphatic rings. The summed E-state index contributed by atoms with van der Waals surface area (Å²) in [6, 6.07) is 5.64. The summed E-state index contributed by atoms with van der Waals surface area (Å²) < 4.78 is 0. The fraction of sp³-hybridized carbons (Fsp3) is 0.273. The molecule has 0 aliphatic carbocycles. The highest BCUT2D eigenvalue weighted by atomic mass is 16.1. The topological polar surface area (TPSA) is 83.8 Å². The van der Waals surface area contributed by atoms with Gasteiger partial charge in [-0.2, -0.15) is 5.10 Å². The van der Waals surface area contributed by atoms with Crippen LogP contribution in [0.3, 0.4) is 0 Å². The summed E-state index contributed by atoms with van der Waals surface area (Å²) in [5.74, 6) is -0.00989. The summed E-state index contributed by atoms with van der Waals surface area (Å²) in [6.07, 6.45) is 2.91. The molecular weight excluding hydrogens is 204 g/mol. The standard InChI is InChI=1S/C11H14N4O/c12-5-1-2-11(16)14-9-4-3-8-7-13-15-10(8)6-9/h3-4,6-7H,1-2,5,12H2,(H,13,15)(H,14,16). The molecular formula is C11H14N4O. The van der Waals surface area contributed by atoms with E-state index in [4.69, 9.17) is 5.73 Å². The maximum Gasteiger partial charge on any atom is 0.224 e. The van der Waals surface area contributed by atoms with Crippen LogP contribution in [0.15, 0.2) is 24.4 Å². The number of nitrogens with zero attached hydrogens (tertiary/aromatic N) is 1. The second kappa shape index (κ2) is 4.76. The highest BCUT2D eigenvalue weighted by molar-refractivity contribution is 5.93. The molecule has 4 N–H and O–H groups in total. The zero-order valence-electron chi connectivity index (χ0n) is 8.86. The number of H-pyrrole nitrogens is 1. The van der Waals surface area contributed by atoms with Gasteiger partial charge in [-0.3, -0.25) is 9.89 Å². The van der Waals surface area contributed by atoms with Crippen molar-refractivity contribution in [2.45, 2.75) is 12.8 Å². The number of anilines is 1. The Labute approximate surface area is 93.0 Å². The van der Waals surface area contributed by atoms with Crippen molar-refractivity contribution in [2.75, 3.05) is 11.9 Å². The van der Waals surface area contributed by atoms with E-state index in [-0.39, 0.29) is 5.91 Å². The molecule has 0 unspecified atom stereocenters. The van der Waals surface area contributed by atoms with Crippen molar-refractivity contribution in [1.29, 1.82) is 0 Å². The Hall–Kier alpha value is -1.88. The lowest BCUT2D eigenvalue weighted by molar-refractivity contribution is -0.116. The predicted molar refractivity (Wildman–Crippen MR) is 63.0 cm³/mol. The largest absolute Gasteiger partial charge is 0.330 e. The van der Waals surface area contributed by atoms with Gasteiger partial charge < -0.3 is 11.1 Å². The molecule has 1 aromatic heterocycles. The summed E-state index contributed by atoms with van der Waals surface area (Å²) in [7, 11) is 0. The first-order valence-electron chi connectivity index (χ1n) is 5.22. The number of fused-ring (bicyclic) bond motifs is 1. The van der Waals surface area contributed by atoms with Crippen LogP contribution >= 0.6 is 0 Å². The fourth-order valence-corrected chi connectivity index (χ4v) is 1.50. The number of hydrogen-bond donors (Lipinski definition) is 3. The van der Waals surface area contributed by atoms with Crippen molar-refractivity contribution in [2.24, 2.45) is 5.73 Å². The molecule has 84 valence electrons. The SMILES string of the molecule is NCCCC(=O)Nc1ccc2cn[nH]c2c1. The van der Waals surface area contributed by atoms with E-state index >= 15 is 0 Å². The van der Waals surface area contributed by atoms with Gasteiger partial charge in [0.15, 0.2) is 0 Å². The van der Waals surface area contributed by atoms with Crippen LogP contribution in [0.5, 0.6) is 0 Å². The Morgan fingerprint density at radius 3 is 3.19 bits per heavy atom. The summed E-state index contributed by atoms with van der Waals surface area (Å²) in [4.78, 5) is 11.5. The van der Waals surface area contributed by atoms with Crippen LogP contribution in [0.25, 0.3) is 10.9 Å². The molecule has 0 radical (unpaired) electrons. The number of aromatic amines is 1. The quantitative estimate of drug-likeness (QED) is 0.721. The third-order valence-electron chi connectivity index (χ3n) is 2.33. The summed E-state index contributed by atoms with van der Waals surface area (Å²) in [5, 5.41) is 10.6. The van der Waals surface area contributed by atoms with Crippen molar-refractivity contribution >= 4 is 22.5 Å². The molecule has 5 nitrogen and oxygen atoms in total. The van der Waals surface area contributed by atoms with Crippen molar-refractivity contribution in [3.05, 3.63) is 24.4 Å². The van der Waals surface area contributed by atoms with E-state index in [1.807, 2.05) is 18.2 Å². The van der Waals surface area contributed by atoms with E-state index in [9.17, 15) is 4.79 Å². The number of nitrogens with one attached hydrogen (secondary N) is 2. The Morgan fingerprint density at radius 1 is 1.50 bits per heavy atom. The van der Waals surface area contributed by atoms with Crippen molar-refractivity contribution < 1.29 is 4.79 Å². The first-order valence-corrected chi connectivity index (χ1v) is 5.22. The Bertz CT molecular complexity index is 491. The van der Waals surface area contributed by atoms with Crippen LogP contribution in [-0.2, 0) is 4.79 Å². The van der Waals surface area contributed by atoms with E-state index in [0.717, 1.165) is 16.6 Å². The summed E-state index contributed by atoms with van der Waals surface area (Å²) in [6.45, 7) is 0.535. The highest BCUT2D eigenvalue weighted by Crippen LogP contribution is 2.16. The first-order chi connectivity index (χ1) is 7.79. The lowest BCUT2D eigenvalue weighted by atomic mass is 10.2. The monoisotopic (exact) mass is 218 g/mol. The van der Waals surface area contributed by atoms with E-state index in [0.29, 0.717) is 19.4 Å². The maximum atomic E-state index is 11.5. The maximum absolute atomic E-state index is 11.5. The van der Waals surface area contributed by atoms with Gasteiger partial charge in [-0.25, -0.2) is 0 Å². The lowest BCUT2D eigenvalue weighted by Gasteiger charge is -2.04. The van der Waals surface area contributed by atoms with Gasteiger partial charge in [0.05, 0.1) is 11.7 Å². The first kappa shape index (κ1) is 10.6. The van der Waals surface area contributed by atoms with Crippen LogP contribution in [0.1, 0.15) is 12.8 Å². The molecule has 0 atom stereocenters. The van der Waals surface area contributed by atoms with E-state index < -0.39 is 0 Å². The molecule has 5 heteroatoms. The normalized spacial score (nSPS) is 10.6. The van der Waals surface area contributed by atoms with Gasteiger partial charge in [0.25, 0.3) is 0 Å². The molecule has 0 aliphatic heterocycles. The molecule has 0 spiro atoms. The van der Waals surface area contributed by atoms with Gasteiger partial charge in [-0.05, 0) is 31.2 Å². The molecule has 0 fully saturated rings. The number of nitrogens with two attached hydrogens (primary N) is 1. The van der Waals surface area contributed by atoms with Crippen LogP contribution in [-0.4, -0.2) is 22.6 Å². The number of benzene rings is 1. The molecule has 1 amide bonds.